The van der Waals surface area contributed by atoms with Gasteiger partial charge < -0.3 is 10.1 Å². The fourth-order valence-electron chi connectivity index (χ4n) is 2.61. The Balaban J connectivity index is 2.37. The van der Waals surface area contributed by atoms with Crippen molar-refractivity contribution in [2.75, 3.05) is 32.8 Å². The Morgan fingerprint density at radius 1 is 1.35 bits per heavy atom. The minimum Gasteiger partial charge on any atom is -0.382 e. The molecule has 1 heterocycles. The maximum atomic E-state index is 5.43. The monoisotopic (exact) mass is 242 g/mol. The summed E-state index contributed by atoms with van der Waals surface area (Å²) in [6, 6.07) is 0.717. The first-order valence-electron chi connectivity index (χ1n) is 7.16. The lowest BCUT2D eigenvalue weighted by Crippen LogP contribution is -2.61. The van der Waals surface area contributed by atoms with E-state index in [0.29, 0.717) is 0 Å². The van der Waals surface area contributed by atoms with Gasteiger partial charge >= 0.3 is 0 Å². The first-order valence-corrected chi connectivity index (χ1v) is 7.16. The molecule has 0 aliphatic carbocycles. The minimum atomic E-state index is 0.260. The molecule has 3 nitrogen and oxygen atoms in total. The molecule has 0 bridgehead atoms. The second kappa shape index (κ2) is 7.34. The summed E-state index contributed by atoms with van der Waals surface area (Å²) in [6.45, 7) is 14.1. The summed E-state index contributed by atoms with van der Waals surface area (Å²) in [4.78, 5) is 2.65. The summed E-state index contributed by atoms with van der Waals surface area (Å²) in [5, 5.41) is 3.65. The molecule has 0 amide bonds. The predicted molar refractivity (Wildman–Crippen MR) is 73.5 cm³/mol. The van der Waals surface area contributed by atoms with Gasteiger partial charge in [0.05, 0.1) is 0 Å². The van der Waals surface area contributed by atoms with Crippen LogP contribution in [0, 0.1) is 0 Å². The Kier molecular flexibility index (Phi) is 6.45. The van der Waals surface area contributed by atoms with Gasteiger partial charge in [0.25, 0.3) is 0 Å². The van der Waals surface area contributed by atoms with E-state index >= 15 is 0 Å². The average molecular weight is 242 g/mol. The van der Waals surface area contributed by atoms with Crippen molar-refractivity contribution in [3.63, 3.8) is 0 Å². The van der Waals surface area contributed by atoms with Crippen LogP contribution in [-0.4, -0.2) is 49.3 Å². The van der Waals surface area contributed by atoms with Crippen molar-refractivity contribution in [1.29, 1.82) is 0 Å². The van der Waals surface area contributed by atoms with Gasteiger partial charge in [-0.2, -0.15) is 0 Å². The van der Waals surface area contributed by atoms with Gasteiger partial charge in [-0.1, -0.05) is 13.3 Å². The predicted octanol–water partition coefficient (Wildman–Crippen LogP) is 2.27. The third-order valence-electron chi connectivity index (χ3n) is 3.49. The van der Waals surface area contributed by atoms with Crippen molar-refractivity contribution in [3.8, 4) is 0 Å². The second-order valence-corrected chi connectivity index (χ2v) is 5.73. The summed E-state index contributed by atoms with van der Waals surface area (Å²) < 4.78 is 5.43. The molecule has 0 spiro atoms. The Bertz CT molecular complexity index is 206. The number of ether oxygens (including phenoxy) is 1. The van der Waals surface area contributed by atoms with Crippen molar-refractivity contribution >= 4 is 0 Å². The van der Waals surface area contributed by atoms with Crippen molar-refractivity contribution in [3.05, 3.63) is 0 Å². The van der Waals surface area contributed by atoms with Gasteiger partial charge in [0.2, 0.25) is 0 Å². The molecule has 1 aliphatic rings. The maximum Gasteiger partial charge on any atom is 0.0478 e. The van der Waals surface area contributed by atoms with Crippen LogP contribution < -0.4 is 5.32 Å². The van der Waals surface area contributed by atoms with E-state index in [1.807, 2.05) is 0 Å². The fraction of sp³-hybridized carbons (Fsp3) is 1.00. The van der Waals surface area contributed by atoms with Gasteiger partial charge in [0.1, 0.15) is 0 Å². The molecule has 1 N–H and O–H groups in total. The number of rotatable bonds is 7. The van der Waals surface area contributed by atoms with Crippen LogP contribution in [0.2, 0.25) is 0 Å². The molecule has 0 aromatic carbocycles. The summed E-state index contributed by atoms with van der Waals surface area (Å²) in [7, 11) is 0. The average Bonchev–Trinajstić information content (AvgIpc) is 2.27. The lowest BCUT2D eigenvalue weighted by atomic mass is 9.96. The molecule has 1 saturated heterocycles. The minimum absolute atomic E-state index is 0.260. The van der Waals surface area contributed by atoms with Crippen LogP contribution in [0.4, 0.5) is 0 Å². The van der Waals surface area contributed by atoms with E-state index in [1.54, 1.807) is 0 Å². The van der Waals surface area contributed by atoms with Crippen molar-refractivity contribution in [1.82, 2.24) is 10.2 Å². The Labute approximate surface area is 107 Å². The van der Waals surface area contributed by atoms with E-state index in [-0.39, 0.29) is 5.54 Å². The molecule has 3 heteroatoms. The van der Waals surface area contributed by atoms with Crippen LogP contribution in [0.1, 0.15) is 47.0 Å². The first kappa shape index (κ1) is 14.9. The number of hydrogen-bond acceptors (Lipinski definition) is 3. The first-order chi connectivity index (χ1) is 8.09. The molecule has 1 rings (SSSR count). The Morgan fingerprint density at radius 2 is 2.12 bits per heavy atom. The van der Waals surface area contributed by atoms with Gasteiger partial charge in [-0.05, 0) is 33.6 Å². The van der Waals surface area contributed by atoms with E-state index in [9.17, 15) is 0 Å². The quantitative estimate of drug-likeness (QED) is 0.693. The standard InChI is InChI=1S/C14H30N2O/c1-5-8-13-11-15-14(3,4)12-16(13)9-7-10-17-6-2/h13,15H,5-12H2,1-4H3. The van der Waals surface area contributed by atoms with Crippen LogP contribution >= 0.6 is 0 Å². The molecule has 0 aromatic heterocycles. The molecule has 0 aromatic rings. The SMILES string of the molecule is CCCC1CNC(C)(C)CN1CCCOCC. The smallest absolute Gasteiger partial charge is 0.0478 e. The molecule has 102 valence electrons. The maximum absolute atomic E-state index is 5.43. The summed E-state index contributed by atoms with van der Waals surface area (Å²) >= 11 is 0. The zero-order valence-electron chi connectivity index (χ0n) is 12.1. The zero-order valence-corrected chi connectivity index (χ0v) is 12.1. The molecular formula is C14H30N2O. The summed E-state index contributed by atoms with van der Waals surface area (Å²) in [5.74, 6) is 0. The Hall–Kier alpha value is -0.120. The number of nitrogens with one attached hydrogen (secondary N) is 1. The fourth-order valence-corrected chi connectivity index (χ4v) is 2.61. The normalized spacial score (nSPS) is 25.1. The molecule has 1 atom stereocenters. The van der Waals surface area contributed by atoms with Crippen LogP contribution in [0.5, 0.6) is 0 Å². The lowest BCUT2D eigenvalue weighted by Gasteiger charge is -2.44. The van der Waals surface area contributed by atoms with Crippen molar-refractivity contribution in [2.24, 2.45) is 0 Å². The van der Waals surface area contributed by atoms with Gasteiger partial charge in [-0.25, -0.2) is 0 Å². The molecule has 0 radical (unpaired) electrons. The van der Waals surface area contributed by atoms with E-state index < -0.39 is 0 Å². The highest BCUT2D eigenvalue weighted by atomic mass is 16.5. The molecule has 0 saturated carbocycles. The van der Waals surface area contributed by atoms with Crippen LogP contribution in [-0.2, 0) is 4.74 Å². The van der Waals surface area contributed by atoms with Crippen LogP contribution in [0.15, 0.2) is 0 Å². The van der Waals surface area contributed by atoms with Gasteiger partial charge in [0.15, 0.2) is 0 Å². The Morgan fingerprint density at radius 3 is 2.76 bits per heavy atom. The van der Waals surface area contributed by atoms with E-state index in [0.717, 1.165) is 38.8 Å². The third kappa shape index (κ3) is 5.36. The zero-order chi connectivity index (χ0) is 12.7. The molecule has 17 heavy (non-hydrogen) atoms. The highest BCUT2D eigenvalue weighted by molar-refractivity contribution is 4.91. The largest absolute Gasteiger partial charge is 0.382 e. The van der Waals surface area contributed by atoms with E-state index in [4.69, 9.17) is 4.74 Å². The highest BCUT2D eigenvalue weighted by Gasteiger charge is 2.31. The summed E-state index contributed by atoms with van der Waals surface area (Å²) in [6.07, 6.45) is 3.73. The highest BCUT2D eigenvalue weighted by Crippen LogP contribution is 2.18. The number of hydrogen-bond donors (Lipinski definition) is 1. The van der Waals surface area contributed by atoms with Crippen molar-refractivity contribution < 1.29 is 4.74 Å². The molecular weight excluding hydrogens is 212 g/mol. The van der Waals surface area contributed by atoms with Crippen LogP contribution in [0.25, 0.3) is 0 Å². The van der Waals surface area contributed by atoms with Gasteiger partial charge in [-0.15, -0.1) is 0 Å². The van der Waals surface area contributed by atoms with E-state index in [1.165, 1.54) is 19.4 Å². The number of nitrogens with zero attached hydrogens (tertiary/aromatic N) is 1. The van der Waals surface area contributed by atoms with Crippen molar-refractivity contribution in [2.45, 2.75) is 58.5 Å². The molecule has 1 fully saturated rings. The molecule has 1 unspecified atom stereocenters. The van der Waals surface area contributed by atoms with Gasteiger partial charge in [-0.3, -0.25) is 4.90 Å². The second-order valence-electron chi connectivity index (χ2n) is 5.73. The number of piperazine rings is 1. The van der Waals surface area contributed by atoms with Gasteiger partial charge in [0, 0.05) is 44.4 Å². The molecule has 1 aliphatic heterocycles. The lowest BCUT2D eigenvalue weighted by molar-refractivity contribution is 0.0720. The summed E-state index contributed by atoms with van der Waals surface area (Å²) in [5.41, 5.74) is 0.260. The van der Waals surface area contributed by atoms with Crippen LogP contribution in [0.3, 0.4) is 0 Å². The topological polar surface area (TPSA) is 24.5 Å². The third-order valence-corrected chi connectivity index (χ3v) is 3.49. The van der Waals surface area contributed by atoms with E-state index in [2.05, 4.69) is 37.9 Å².